The smallest absolute Gasteiger partial charge is 0.368 e. The van der Waals surface area contributed by atoms with E-state index in [1.807, 2.05) is 19.1 Å². The van der Waals surface area contributed by atoms with Gasteiger partial charge in [0.25, 0.3) is 0 Å². The Balaban J connectivity index is 2.44. The number of hydrogen-bond acceptors (Lipinski definition) is 5. The second kappa shape index (κ2) is 5.50. The Labute approximate surface area is 121 Å². The molecular formula is C11H7BrClN3O3. The van der Waals surface area contributed by atoms with Gasteiger partial charge >= 0.3 is 11.6 Å². The molecular weight excluding hydrogens is 337 g/mol. The minimum Gasteiger partial charge on any atom is -0.432 e. The lowest BCUT2D eigenvalue weighted by atomic mass is 10.2. The number of hydrogen-bond donors (Lipinski definition) is 0. The van der Waals surface area contributed by atoms with Crippen LogP contribution in [-0.2, 0) is 0 Å². The monoisotopic (exact) mass is 343 g/mol. The summed E-state index contributed by atoms with van der Waals surface area (Å²) in [5, 5.41) is 10.7. The van der Waals surface area contributed by atoms with Crippen LogP contribution in [0.3, 0.4) is 0 Å². The van der Waals surface area contributed by atoms with E-state index in [4.69, 9.17) is 16.3 Å². The maximum atomic E-state index is 10.9. The molecule has 6 nitrogen and oxygen atoms in total. The van der Waals surface area contributed by atoms with Gasteiger partial charge in [0.2, 0.25) is 5.15 Å². The summed E-state index contributed by atoms with van der Waals surface area (Å²) < 4.78 is 6.08. The van der Waals surface area contributed by atoms with E-state index in [0.29, 0.717) is 10.2 Å². The van der Waals surface area contributed by atoms with E-state index in [9.17, 15) is 10.1 Å². The molecule has 98 valence electrons. The van der Waals surface area contributed by atoms with Crippen molar-refractivity contribution in [2.45, 2.75) is 6.92 Å². The van der Waals surface area contributed by atoms with Crippen molar-refractivity contribution in [3.05, 3.63) is 49.8 Å². The Kier molecular flexibility index (Phi) is 3.96. The molecule has 19 heavy (non-hydrogen) atoms. The largest absolute Gasteiger partial charge is 0.432 e. The number of aryl methyl sites for hydroxylation is 1. The van der Waals surface area contributed by atoms with Crippen molar-refractivity contribution in [1.29, 1.82) is 0 Å². The third kappa shape index (κ3) is 2.99. The van der Waals surface area contributed by atoms with Crippen molar-refractivity contribution in [2.24, 2.45) is 0 Å². The van der Waals surface area contributed by atoms with Crippen molar-refractivity contribution in [3.63, 3.8) is 0 Å². The number of rotatable bonds is 3. The predicted octanol–water partition coefficient (Wildman–Crippen LogP) is 3.90. The number of aromatic nitrogens is 2. The van der Waals surface area contributed by atoms with Gasteiger partial charge in [-0.05, 0) is 40.5 Å². The average molecular weight is 345 g/mol. The first-order valence-corrected chi connectivity index (χ1v) is 6.25. The van der Waals surface area contributed by atoms with Crippen LogP contribution in [0.25, 0.3) is 0 Å². The average Bonchev–Trinajstić information content (AvgIpc) is 2.32. The van der Waals surface area contributed by atoms with E-state index in [-0.39, 0.29) is 11.0 Å². The second-order valence-electron chi connectivity index (χ2n) is 3.61. The van der Waals surface area contributed by atoms with Gasteiger partial charge in [-0.15, -0.1) is 0 Å². The summed E-state index contributed by atoms with van der Waals surface area (Å²) in [6.07, 6.45) is 1.10. The molecule has 8 heteroatoms. The standard InChI is InChI=1S/C11H7BrClN3O3/c1-6-2-3-8(7(12)4-6)19-11-9(16(17)18)10(13)14-5-15-11/h2-5H,1H3. The highest BCUT2D eigenvalue weighted by atomic mass is 79.9. The van der Waals surface area contributed by atoms with Crippen LogP contribution < -0.4 is 4.74 Å². The van der Waals surface area contributed by atoms with Crippen LogP contribution in [0.4, 0.5) is 5.69 Å². The molecule has 0 radical (unpaired) electrons. The summed E-state index contributed by atoms with van der Waals surface area (Å²) in [4.78, 5) is 17.5. The van der Waals surface area contributed by atoms with Crippen LogP contribution in [0, 0.1) is 17.0 Å². The van der Waals surface area contributed by atoms with Crippen LogP contribution in [0.1, 0.15) is 5.56 Å². The molecule has 0 unspecified atom stereocenters. The third-order valence-corrected chi connectivity index (χ3v) is 3.12. The fourth-order valence-electron chi connectivity index (χ4n) is 1.36. The molecule has 1 aromatic carbocycles. The lowest BCUT2D eigenvalue weighted by Gasteiger charge is -2.07. The topological polar surface area (TPSA) is 78.2 Å². The summed E-state index contributed by atoms with van der Waals surface area (Å²) in [6.45, 7) is 1.92. The summed E-state index contributed by atoms with van der Waals surface area (Å²) in [5.74, 6) is 0.206. The van der Waals surface area contributed by atoms with Gasteiger partial charge in [0, 0.05) is 0 Å². The highest BCUT2D eigenvalue weighted by Crippen LogP contribution is 2.36. The van der Waals surface area contributed by atoms with Gasteiger partial charge < -0.3 is 4.74 Å². The number of ether oxygens (including phenoxy) is 1. The molecule has 0 saturated carbocycles. The summed E-state index contributed by atoms with van der Waals surface area (Å²) >= 11 is 8.98. The molecule has 0 atom stereocenters. The van der Waals surface area contributed by atoms with Crippen molar-refractivity contribution >= 4 is 33.2 Å². The molecule has 0 bridgehead atoms. The SMILES string of the molecule is Cc1ccc(Oc2ncnc(Cl)c2[N+](=O)[O-])c(Br)c1. The first-order valence-electron chi connectivity index (χ1n) is 5.08. The van der Waals surface area contributed by atoms with Crippen molar-refractivity contribution in [1.82, 2.24) is 9.97 Å². The van der Waals surface area contributed by atoms with Crippen LogP contribution in [-0.4, -0.2) is 14.9 Å². The fourth-order valence-corrected chi connectivity index (χ4v) is 2.13. The molecule has 2 aromatic rings. The number of halogens is 2. The van der Waals surface area contributed by atoms with Crippen molar-refractivity contribution in [2.75, 3.05) is 0 Å². The van der Waals surface area contributed by atoms with E-state index < -0.39 is 10.6 Å². The molecule has 0 aliphatic heterocycles. The van der Waals surface area contributed by atoms with Gasteiger partial charge in [-0.3, -0.25) is 10.1 Å². The number of nitro groups is 1. The molecule has 2 rings (SSSR count). The zero-order valence-corrected chi connectivity index (χ0v) is 12.0. The summed E-state index contributed by atoms with van der Waals surface area (Å²) in [5.41, 5.74) is 0.561. The van der Waals surface area contributed by atoms with Gasteiger partial charge in [0.1, 0.15) is 12.1 Å². The normalized spacial score (nSPS) is 10.3. The van der Waals surface area contributed by atoms with Crippen LogP contribution >= 0.6 is 27.5 Å². The first kappa shape index (κ1) is 13.7. The van der Waals surface area contributed by atoms with E-state index in [2.05, 4.69) is 25.9 Å². The van der Waals surface area contributed by atoms with Gasteiger partial charge in [-0.2, -0.15) is 4.98 Å². The molecule has 0 spiro atoms. The molecule has 0 aliphatic carbocycles. The van der Waals surface area contributed by atoms with Gasteiger partial charge in [-0.1, -0.05) is 17.7 Å². The minimum atomic E-state index is -0.681. The Morgan fingerprint density at radius 2 is 2.16 bits per heavy atom. The fraction of sp³-hybridized carbons (Fsp3) is 0.0909. The maximum Gasteiger partial charge on any atom is 0.368 e. The van der Waals surface area contributed by atoms with Crippen LogP contribution in [0.5, 0.6) is 11.6 Å². The lowest BCUT2D eigenvalue weighted by molar-refractivity contribution is -0.386. The Morgan fingerprint density at radius 1 is 1.42 bits per heavy atom. The summed E-state index contributed by atoms with van der Waals surface area (Å²) in [6, 6.07) is 5.32. The highest BCUT2D eigenvalue weighted by Gasteiger charge is 2.24. The molecule has 1 aromatic heterocycles. The minimum absolute atomic E-state index is 0.199. The van der Waals surface area contributed by atoms with Gasteiger partial charge in [0.15, 0.2) is 0 Å². The van der Waals surface area contributed by atoms with E-state index in [1.54, 1.807) is 6.07 Å². The zero-order valence-electron chi connectivity index (χ0n) is 9.63. The Hall–Kier alpha value is -1.73. The zero-order chi connectivity index (χ0) is 14.0. The molecule has 0 saturated heterocycles. The Bertz CT molecular complexity index is 651. The van der Waals surface area contributed by atoms with Crippen LogP contribution in [0.15, 0.2) is 29.0 Å². The molecule has 0 fully saturated rings. The molecule has 0 N–H and O–H groups in total. The lowest BCUT2D eigenvalue weighted by Crippen LogP contribution is -1.98. The van der Waals surface area contributed by atoms with Crippen molar-refractivity contribution in [3.8, 4) is 11.6 Å². The summed E-state index contributed by atoms with van der Waals surface area (Å²) in [7, 11) is 0. The van der Waals surface area contributed by atoms with Gasteiger partial charge in [-0.25, -0.2) is 4.98 Å². The van der Waals surface area contributed by atoms with Crippen molar-refractivity contribution < 1.29 is 9.66 Å². The van der Waals surface area contributed by atoms with E-state index in [0.717, 1.165) is 11.9 Å². The quantitative estimate of drug-likeness (QED) is 0.479. The maximum absolute atomic E-state index is 10.9. The van der Waals surface area contributed by atoms with E-state index in [1.165, 1.54) is 0 Å². The molecule has 0 aliphatic rings. The van der Waals surface area contributed by atoms with E-state index >= 15 is 0 Å². The Morgan fingerprint density at radius 3 is 2.79 bits per heavy atom. The number of benzene rings is 1. The second-order valence-corrected chi connectivity index (χ2v) is 4.82. The molecule has 1 heterocycles. The van der Waals surface area contributed by atoms with Crippen LogP contribution in [0.2, 0.25) is 5.15 Å². The molecule has 0 amide bonds. The highest BCUT2D eigenvalue weighted by molar-refractivity contribution is 9.10. The van der Waals surface area contributed by atoms with Gasteiger partial charge in [0.05, 0.1) is 9.40 Å². The third-order valence-electron chi connectivity index (χ3n) is 2.22. The first-order chi connectivity index (χ1) is 8.99. The number of nitrogens with zero attached hydrogens (tertiary/aromatic N) is 3. The predicted molar refractivity (Wildman–Crippen MR) is 72.6 cm³/mol.